The number of methoxy groups -OCH3 is 1. The van der Waals surface area contributed by atoms with E-state index in [9.17, 15) is 14.4 Å². The molecule has 1 atom stereocenters. The molecule has 0 saturated carbocycles. The van der Waals surface area contributed by atoms with E-state index in [4.69, 9.17) is 9.15 Å². The summed E-state index contributed by atoms with van der Waals surface area (Å²) in [6.45, 7) is 8.11. The number of allylic oxidation sites excluding steroid dienone is 1. The fourth-order valence-electron chi connectivity index (χ4n) is 3.67. The van der Waals surface area contributed by atoms with Crippen LogP contribution in [0, 0.1) is 5.92 Å². The number of carbonyl (C=O) groups excluding carboxylic acids is 3. The van der Waals surface area contributed by atoms with Crippen LogP contribution in [0.15, 0.2) is 34.1 Å². The third-order valence-corrected chi connectivity index (χ3v) is 5.42. The summed E-state index contributed by atoms with van der Waals surface area (Å²) in [6, 6.07) is 3.53. The fourth-order valence-corrected chi connectivity index (χ4v) is 3.67. The summed E-state index contributed by atoms with van der Waals surface area (Å²) in [7, 11) is 1.61. The molecule has 0 fully saturated rings. The van der Waals surface area contributed by atoms with Crippen molar-refractivity contribution >= 4 is 17.7 Å². The molecule has 0 bridgehead atoms. The number of furan rings is 1. The maximum Gasteiger partial charge on any atom is 0.251 e. The van der Waals surface area contributed by atoms with E-state index < -0.39 is 5.92 Å². The Morgan fingerprint density at radius 3 is 2.67 bits per heavy atom. The molecule has 2 rings (SSSR count). The molecule has 0 radical (unpaired) electrons. The predicted molar refractivity (Wildman–Crippen MR) is 112 cm³/mol. The van der Waals surface area contributed by atoms with Crippen molar-refractivity contribution in [1.29, 1.82) is 0 Å². The van der Waals surface area contributed by atoms with Crippen LogP contribution in [-0.4, -0.2) is 60.9 Å². The first kappa shape index (κ1) is 23.7. The SMILES string of the molecule is CCN(CC)C(=O)C1=C(C)N(CCCOC)C(=O)C(CC(=O)NCc2ccco2)C1. The van der Waals surface area contributed by atoms with Gasteiger partial charge in [0.15, 0.2) is 0 Å². The first-order valence-corrected chi connectivity index (χ1v) is 10.5. The molecule has 2 heterocycles. The van der Waals surface area contributed by atoms with E-state index in [-0.39, 0.29) is 37.1 Å². The number of nitrogens with zero attached hydrogens (tertiary/aromatic N) is 2. The van der Waals surface area contributed by atoms with Gasteiger partial charge in [-0.3, -0.25) is 14.4 Å². The minimum Gasteiger partial charge on any atom is -0.467 e. The van der Waals surface area contributed by atoms with E-state index in [0.717, 1.165) is 0 Å². The molecule has 3 amide bonds. The molecule has 8 heteroatoms. The molecule has 8 nitrogen and oxygen atoms in total. The van der Waals surface area contributed by atoms with Gasteiger partial charge in [0.2, 0.25) is 11.8 Å². The topological polar surface area (TPSA) is 92.1 Å². The first-order valence-electron chi connectivity index (χ1n) is 10.5. The largest absolute Gasteiger partial charge is 0.467 e. The van der Waals surface area contributed by atoms with Crippen molar-refractivity contribution in [3.63, 3.8) is 0 Å². The third-order valence-electron chi connectivity index (χ3n) is 5.42. The monoisotopic (exact) mass is 419 g/mol. The second-order valence-corrected chi connectivity index (χ2v) is 7.34. The Hall–Kier alpha value is -2.61. The van der Waals surface area contributed by atoms with E-state index in [1.54, 1.807) is 35.3 Å². The van der Waals surface area contributed by atoms with Gasteiger partial charge in [-0.1, -0.05) is 0 Å². The van der Waals surface area contributed by atoms with E-state index in [1.165, 1.54) is 0 Å². The average molecular weight is 420 g/mol. The molecule has 30 heavy (non-hydrogen) atoms. The van der Waals surface area contributed by atoms with Crippen LogP contribution in [0.3, 0.4) is 0 Å². The molecule has 1 aliphatic rings. The number of rotatable bonds is 11. The first-order chi connectivity index (χ1) is 14.4. The molecule has 1 aromatic rings. The minimum absolute atomic E-state index is 0.0304. The van der Waals surface area contributed by atoms with Crippen LogP contribution in [0.2, 0.25) is 0 Å². The second kappa shape index (κ2) is 11.5. The van der Waals surface area contributed by atoms with Gasteiger partial charge in [-0.25, -0.2) is 0 Å². The molecular formula is C22H33N3O5. The van der Waals surface area contributed by atoms with Crippen molar-refractivity contribution in [3.05, 3.63) is 35.4 Å². The van der Waals surface area contributed by atoms with Crippen LogP contribution in [0.1, 0.15) is 45.8 Å². The van der Waals surface area contributed by atoms with Crippen LogP contribution in [0.5, 0.6) is 0 Å². The van der Waals surface area contributed by atoms with Crippen molar-refractivity contribution < 1.29 is 23.5 Å². The molecule has 0 aromatic carbocycles. The van der Waals surface area contributed by atoms with Crippen LogP contribution < -0.4 is 5.32 Å². The number of amides is 3. The van der Waals surface area contributed by atoms with Crippen molar-refractivity contribution in [2.24, 2.45) is 5.92 Å². The van der Waals surface area contributed by atoms with Crippen LogP contribution in [0.25, 0.3) is 0 Å². The van der Waals surface area contributed by atoms with E-state index in [0.29, 0.717) is 49.7 Å². The van der Waals surface area contributed by atoms with Gasteiger partial charge in [0.1, 0.15) is 5.76 Å². The molecule has 1 aliphatic heterocycles. The number of hydrogen-bond acceptors (Lipinski definition) is 5. The summed E-state index contributed by atoms with van der Waals surface area (Å²) < 4.78 is 10.3. The van der Waals surface area contributed by atoms with Gasteiger partial charge in [-0.15, -0.1) is 0 Å². The molecule has 1 unspecified atom stereocenters. The lowest BCUT2D eigenvalue weighted by Gasteiger charge is -2.36. The van der Waals surface area contributed by atoms with E-state index in [1.807, 2.05) is 20.8 Å². The van der Waals surface area contributed by atoms with E-state index in [2.05, 4.69) is 5.32 Å². The second-order valence-electron chi connectivity index (χ2n) is 7.34. The van der Waals surface area contributed by atoms with Crippen LogP contribution >= 0.6 is 0 Å². The molecule has 0 aliphatic carbocycles. The van der Waals surface area contributed by atoms with Gasteiger partial charge >= 0.3 is 0 Å². The van der Waals surface area contributed by atoms with Crippen molar-refractivity contribution in [2.45, 2.75) is 46.6 Å². The Bertz CT molecular complexity index is 753. The Balaban J connectivity index is 2.16. The quantitative estimate of drug-likeness (QED) is 0.556. The number of nitrogens with one attached hydrogen (secondary N) is 1. The highest BCUT2D eigenvalue weighted by atomic mass is 16.5. The molecular weight excluding hydrogens is 386 g/mol. The van der Waals surface area contributed by atoms with Gasteiger partial charge < -0.3 is 24.3 Å². The number of hydrogen-bond donors (Lipinski definition) is 1. The zero-order chi connectivity index (χ0) is 22.1. The standard InChI is InChI=1S/C22H33N3O5/c1-5-24(6-2)22(28)19-13-17(14-20(26)23-15-18-9-7-12-30-18)21(27)25(16(19)3)10-8-11-29-4/h7,9,12,17H,5-6,8,10-11,13-15H2,1-4H3,(H,23,26). The van der Waals surface area contributed by atoms with Gasteiger partial charge in [0.25, 0.3) is 5.91 Å². The summed E-state index contributed by atoms with van der Waals surface area (Å²) in [5.74, 6) is -0.346. The Labute approximate surface area is 178 Å². The van der Waals surface area contributed by atoms with Crippen LogP contribution in [-0.2, 0) is 25.7 Å². The summed E-state index contributed by atoms with van der Waals surface area (Å²) in [5, 5.41) is 2.79. The minimum atomic E-state index is -0.567. The highest BCUT2D eigenvalue weighted by molar-refractivity contribution is 5.98. The lowest BCUT2D eigenvalue weighted by Crippen LogP contribution is -2.45. The van der Waals surface area contributed by atoms with Crippen LogP contribution in [0.4, 0.5) is 0 Å². The van der Waals surface area contributed by atoms with Crippen molar-refractivity contribution in [2.75, 3.05) is 33.4 Å². The third kappa shape index (κ3) is 5.95. The number of carbonyl (C=O) groups is 3. The Morgan fingerprint density at radius 1 is 1.33 bits per heavy atom. The Morgan fingerprint density at radius 2 is 2.07 bits per heavy atom. The Kier molecular flexibility index (Phi) is 9.11. The molecule has 0 spiro atoms. The van der Waals surface area contributed by atoms with Gasteiger partial charge in [0.05, 0.1) is 18.7 Å². The average Bonchev–Trinajstić information content (AvgIpc) is 3.25. The zero-order valence-corrected chi connectivity index (χ0v) is 18.4. The maximum absolute atomic E-state index is 13.1. The zero-order valence-electron chi connectivity index (χ0n) is 18.4. The number of ether oxygens (including phenoxy) is 1. The lowest BCUT2D eigenvalue weighted by molar-refractivity contribution is -0.138. The van der Waals surface area contributed by atoms with Gasteiger partial charge in [-0.2, -0.15) is 0 Å². The predicted octanol–water partition coefficient (Wildman–Crippen LogP) is 2.31. The highest BCUT2D eigenvalue weighted by Crippen LogP contribution is 2.31. The molecule has 166 valence electrons. The molecule has 0 saturated heterocycles. The van der Waals surface area contributed by atoms with E-state index >= 15 is 0 Å². The number of likely N-dealkylation sites (N-methyl/N-ethyl adjacent to an activating group) is 1. The van der Waals surface area contributed by atoms with Gasteiger partial charge in [-0.05, 0) is 45.7 Å². The normalized spacial score (nSPS) is 16.7. The molecule has 1 aromatic heterocycles. The fraction of sp³-hybridized carbons (Fsp3) is 0.591. The van der Waals surface area contributed by atoms with Crippen molar-refractivity contribution in [3.8, 4) is 0 Å². The lowest BCUT2D eigenvalue weighted by atomic mass is 9.88. The highest BCUT2D eigenvalue weighted by Gasteiger charge is 2.37. The smallest absolute Gasteiger partial charge is 0.251 e. The maximum atomic E-state index is 13.1. The molecule has 1 N–H and O–H groups in total. The summed E-state index contributed by atoms with van der Waals surface area (Å²) in [5.41, 5.74) is 1.29. The summed E-state index contributed by atoms with van der Waals surface area (Å²) >= 11 is 0. The summed E-state index contributed by atoms with van der Waals surface area (Å²) in [6.07, 6.45) is 2.50. The van der Waals surface area contributed by atoms with Gasteiger partial charge in [0, 0.05) is 51.0 Å². The summed E-state index contributed by atoms with van der Waals surface area (Å²) in [4.78, 5) is 42.0. The van der Waals surface area contributed by atoms with Crippen molar-refractivity contribution in [1.82, 2.24) is 15.1 Å².